The Hall–Kier alpha value is -4.05. The van der Waals surface area contributed by atoms with E-state index in [-0.39, 0.29) is 41.2 Å². The van der Waals surface area contributed by atoms with Crippen LogP contribution in [0.25, 0.3) is 22.4 Å². The highest BCUT2D eigenvalue weighted by Crippen LogP contribution is 2.21. The molecule has 0 radical (unpaired) electrons. The number of hydrogen-bond acceptors (Lipinski definition) is 7. The summed E-state index contributed by atoms with van der Waals surface area (Å²) < 4.78 is 20.1. The van der Waals surface area contributed by atoms with E-state index in [1.165, 1.54) is 29.8 Å². The van der Waals surface area contributed by atoms with Gasteiger partial charge in [0.1, 0.15) is 22.8 Å². The summed E-state index contributed by atoms with van der Waals surface area (Å²) >= 11 is 5.85. The molecule has 2 heterocycles. The van der Waals surface area contributed by atoms with E-state index in [0.29, 0.717) is 29.0 Å². The first kappa shape index (κ1) is 24.1. The molecule has 2 aromatic carbocycles. The standard InChI is InChI=1S/C24H22ClFN6O3/c1-14(33)27-9-10-32-22-20(30-21(23(32)34)16-4-6-17(35-2)7-5-16)13-29-24(31-22)28-12-15-3-8-19(26)18(25)11-15/h3-8,11,13H,9-10,12H2,1-2H3,(H,27,33)(H,28,29,31). The minimum absolute atomic E-state index is 0.0193. The van der Waals surface area contributed by atoms with Crippen LogP contribution >= 0.6 is 11.6 Å². The van der Waals surface area contributed by atoms with Gasteiger partial charge in [-0.05, 0) is 42.0 Å². The van der Waals surface area contributed by atoms with Gasteiger partial charge in [-0.2, -0.15) is 4.98 Å². The third-order valence-electron chi connectivity index (χ3n) is 5.19. The first-order valence-corrected chi connectivity index (χ1v) is 11.1. The molecule has 0 fully saturated rings. The van der Waals surface area contributed by atoms with Crippen LogP contribution in [0.3, 0.4) is 0 Å². The van der Waals surface area contributed by atoms with E-state index in [1.807, 2.05) is 0 Å². The third kappa shape index (κ3) is 5.55. The highest BCUT2D eigenvalue weighted by Gasteiger charge is 2.15. The number of halogens is 2. The van der Waals surface area contributed by atoms with Crippen LogP contribution in [-0.4, -0.2) is 39.1 Å². The number of hydrogen-bond donors (Lipinski definition) is 2. The Morgan fingerprint density at radius 3 is 2.63 bits per heavy atom. The van der Waals surface area contributed by atoms with Gasteiger partial charge in [-0.1, -0.05) is 17.7 Å². The summed E-state index contributed by atoms with van der Waals surface area (Å²) in [5, 5.41) is 5.76. The van der Waals surface area contributed by atoms with Gasteiger partial charge in [0.05, 0.1) is 18.3 Å². The number of anilines is 1. The fourth-order valence-corrected chi connectivity index (χ4v) is 3.64. The van der Waals surface area contributed by atoms with E-state index < -0.39 is 5.82 Å². The Balaban J connectivity index is 1.71. The van der Waals surface area contributed by atoms with Crippen LogP contribution in [0, 0.1) is 5.82 Å². The van der Waals surface area contributed by atoms with Gasteiger partial charge in [0.15, 0.2) is 5.65 Å². The van der Waals surface area contributed by atoms with Crippen LogP contribution in [-0.2, 0) is 17.9 Å². The van der Waals surface area contributed by atoms with E-state index >= 15 is 0 Å². The number of fused-ring (bicyclic) bond motifs is 1. The number of methoxy groups -OCH3 is 1. The maximum Gasteiger partial charge on any atom is 0.278 e. The van der Waals surface area contributed by atoms with Crippen molar-refractivity contribution < 1.29 is 13.9 Å². The summed E-state index contributed by atoms with van der Waals surface area (Å²) in [6, 6.07) is 11.4. The fourth-order valence-electron chi connectivity index (χ4n) is 3.44. The lowest BCUT2D eigenvalue weighted by molar-refractivity contribution is -0.118. The van der Waals surface area contributed by atoms with E-state index in [9.17, 15) is 14.0 Å². The van der Waals surface area contributed by atoms with Crippen molar-refractivity contribution in [3.05, 3.63) is 75.4 Å². The van der Waals surface area contributed by atoms with Gasteiger partial charge < -0.3 is 15.4 Å². The van der Waals surface area contributed by atoms with E-state index in [1.54, 1.807) is 37.4 Å². The molecule has 0 saturated heterocycles. The van der Waals surface area contributed by atoms with E-state index in [4.69, 9.17) is 16.3 Å². The van der Waals surface area contributed by atoms with Crippen LogP contribution in [0.1, 0.15) is 12.5 Å². The average Bonchev–Trinajstić information content (AvgIpc) is 2.85. The molecule has 0 saturated carbocycles. The second-order valence-electron chi connectivity index (χ2n) is 7.63. The molecule has 35 heavy (non-hydrogen) atoms. The molecule has 2 N–H and O–H groups in total. The quantitative estimate of drug-likeness (QED) is 0.384. The van der Waals surface area contributed by atoms with Crippen molar-refractivity contribution in [1.29, 1.82) is 0 Å². The van der Waals surface area contributed by atoms with Gasteiger partial charge in [0.25, 0.3) is 5.56 Å². The molecule has 180 valence electrons. The zero-order chi connectivity index (χ0) is 24.9. The fraction of sp³-hybridized carbons (Fsp3) is 0.208. The summed E-state index contributed by atoms with van der Waals surface area (Å²) in [5.74, 6) is 0.202. The molecule has 0 aliphatic heterocycles. The van der Waals surface area contributed by atoms with Crippen molar-refractivity contribution in [2.24, 2.45) is 0 Å². The maximum atomic E-state index is 13.4. The molecule has 0 aliphatic carbocycles. The minimum atomic E-state index is -0.501. The normalized spacial score (nSPS) is 10.9. The number of carbonyl (C=O) groups excluding carboxylic acids is 1. The van der Waals surface area contributed by atoms with Crippen molar-refractivity contribution in [1.82, 2.24) is 24.8 Å². The Labute approximate surface area is 205 Å². The van der Waals surface area contributed by atoms with Gasteiger partial charge in [0, 0.05) is 32.1 Å². The number of amides is 1. The summed E-state index contributed by atoms with van der Waals surface area (Å²) in [6.45, 7) is 2.11. The molecule has 0 spiro atoms. The zero-order valence-electron chi connectivity index (χ0n) is 19.0. The highest BCUT2D eigenvalue weighted by molar-refractivity contribution is 6.30. The smallest absolute Gasteiger partial charge is 0.278 e. The molecule has 9 nitrogen and oxygen atoms in total. The largest absolute Gasteiger partial charge is 0.497 e. The van der Waals surface area contributed by atoms with E-state index in [0.717, 1.165) is 5.56 Å². The second-order valence-corrected chi connectivity index (χ2v) is 8.04. The first-order valence-electron chi connectivity index (χ1n) is 10.7. The van der Waals surface area contributed by atoms with Gasteiger partial charge in [-0.3, -0.25) is 14.2 Å². The van der Waals surface area contributed by atoms with Crippen molar-refractivity contribution in [3.8, 4) is 17.0 Å². The van der Waals surface area contributed by atoms with Crippen molar-refractivity contribution in [2.45, 2.75) is 20.0 Å². The van der Waals surface area contributed by atoms with Gasteiger partial charge in [0.2, 0.25) is 11.9 Å². The maximum absolute atomic E-state index is 13.4. The van der Waals surface area contributed by atoms with Crippen molar-refractivity contribution in [2.75, 3.05) is 19.0 Å². The number of aromatic nitrogens is 4. The molecule has 4 aromatic rings. The predicted molar refractivity (Wildman–Crippen MR) is 131 cm³/mol. The van der Waals surface area contributed by atoms with Crippen LogP contribution in [0.15, 0.2) is 53.5 Å². The van der Waals surface area contributed by atoms with Crippen LogP contribution in [0.5, 0.6) is 5.75 Å². The Kier molecular flexibility index (Phi) is 7.21. The van der Waals surface area contributed by atoms with Crippen molar-refractivity contribution >= 4 is 34.6 Å². The van der Waals surface area contributed by atoms with Gasteiger partial charge in [-0.15, -0.1) is 0 Å². The molecule has 0 bridgehead atoms. The predicted octanol–water partition coefficient (Wildman–Crippen LogP) is 3.40. The first-order chi connectivity index (χ1) is 16.9. The van der Waals surface area contributed by atoms with Gasteiger partial charge in [-0.25, -0.2) is 14.4 Å². The molecule has 1 amide bonds. The molecular weight excluding hydrogens is 475 g/mol. The lowest BCUT2D eigenvalue weighted by Crippen LogP contribution is -2.31. The average molecular weight is 497 g/mol. The SMILES string of the molecule is COc1ccc(-c2nc3cnc(NCc4ccc(F)c(Cl)c4)nc3n(CCNC(C)=O)c2=O)cc1. The lowest BCUT2D eigenvalue weighted by atomic mass is 10.1. The van der Waals surface area contributed by atoms with Gasteiger partial charge >= 0.3 is 0 Å². The summed E-state index contributed by atoms with van der Waals surface area (Å²) in [5.41, 5.74) is 1.94. The third-order valence-corrected chi connectivity index (χ3v) is 5.48. The van der Waals surface area contributed by atoms with E-state index in [2.05, 4.69) is 25.6 Å². The number of nitrogens with one attached hydrogen (secondary N) is 2. The molecule has 0 atom stereocenters. The number of nitrogens with zero attached hydrogens (tertiary/aromatic N) is 4. The Bertz CT molecular complexity index is 1440. The topological polar surface area (TPSA) is 111 Å². The van der Waals surface area contributed by atoms with Crippen molar-refractivity contribution in [3.63, 3.8) is 0 Å². The van der Waals surface area contributed by atoms with Crippen LogP contribution < -0.4 is 20.9 Å². The number of ether oxygens (including phenoxy) is 1. The molecular formula is C24H22ClFN6O3. The zero-order valence-corrected chi connectivity index (χ0v) is 19.8. The second kappa shape index (κ2) is 10.5. The molecule has 0 unspecified atom stereocenters. The molecule has 2 aromatic heterocycles. The number of rotatable bonds is 8. The summed E-state index contributed by atoms with van der Waals surface area (Å²) in [7, 11) is 1.56. The van der Waals surface area contributed by atoms with Crippen LogP contribution in [0.2, 0.25) is 5.02 Å². The molecule has 0 aliphatic rings. The molecule has 4 rings (SSSR count). The number of benzene rings is 2. The van der Waals surface area contributed by atoms with Crippen LogP contribution in [0.4, 0.5) is 10.3 Å². The summed E-state index contributed by atoms with van der Waals surface area (Å²) in [4.78, 5) is 38.1. The molecule has 11 heteroatoms. The Morgan fingerprint density at radius 2 is 1.94 bits per heavy atom. The monoisotopic (exact) mass is 496 g/mol. The summed E-state index contributed by atoms with van der Waals surface area (Å²) in [6.07, 6.45) is 1.52. The number of carbonyl (C=O) groups is 1. The highest BCUT2D eigenvalue weighted by atomic mass is 35.5. The lowest BCUT2D eigenvalue weighted by Gasteiger charge is -2.13. The Morgan fingerprint density at radius 1 is 1.17 bits per heavy atom. The minimum Gasteiger partial charge on any atom is -0.497 e.